The molecule has 12 aromatic rings. The molecule has 0 saturated carbocycles. The molecule has 0 radical (unpaired) electrons. The Labute approximate surface area is 383 Å². The molecule has 0 unspecified atom stereocenters. The second kappa shape index (κ2) is 15.3. The standard InChI is InChI=1S/C63H40N2O/c1-4-17-41(18-5-1)62-64-58(45-32-36-61-55(38-45)54-28-13-15-30-60(54)66-61)40-59(65-62)53-35-34-48(49-25-10-11-26-50(49)53)44-20-16-19-42(37-44)43-31-33-52-51-27-12-14-29-56(51)63(57(52)39-43,46-21-6-2-7-22-46)47-23-8-3-9-24-47/h1-40H. The van der Waals surface area contributed by atoms with Crippen molar-refractivity contribution in [3.8, 4) is 67.3 Å². The van der Waals surface area contributed by atoms with Crippen LogP contribution in [-0.4, -0.2) is 9.97 Å². The lowest BCUT2D eigenvalue weighted by molar-refractivity contribution is 0.669. The molecule has 0 spiro atoms. The van der Waals surface area contributed by atoms with E-state index in [1.54, 1.807) is 0 Å². The van der Waals surface area contributed by atoms with Gasteiger partial charge in [0.1, 0.15) is 11.2 Å². The Bertz CT molecular complexity index is 3780. The summed E-state index contributed by atoms with van der Waals surface area (Å²) < 4.78 is 6.20. The molecule has 0 amide bonds. The van der Waals surface area contributed by atoms with Crippen molar-refractivity contribution in [2.75, 3.05) is 0 Å². The van der Waals surface area contributed by atoms with E-state index in [-0.39, 0.29) is 0 Å². The summed E-state index contributed by atoms with van der Waals surface area (Å²) in [6.07, 6.45) is 0. The molecule has 0 fully saturated rings. The summed E-state index contributed by atoms with van der Waals surface area (Å²) in [4.78, 5) is 10.5. The van der Waals surface area contributed by atoms with Gasteiger partial charge in [0.25, 0.3) is 0 Å². The van der Waals surface area contributed by atoms with Crippen molar-refractivity contribution in [3.05, 3.63) is 265 Å². The van der Waals surface area contributed by atoms with Gasteiger partial charge in [-0.25, -0.2) is 9.97 Å². The molecule has 10 aromatic carbocycles. The van der Waals surface area contributed by atoms with Gasteiger partial charge < -0.3 is 4.42 Å². The largest absolute Gasteiger partial charge is 0.456 e. The van der Waals surface area contributed by atoms with Gasteiger partial charge in [-0.1, -0.05) is 200 Å². The highest BCUT2D eigenvalue weighted by Gasteiger charge is 2.46. The number of benzene rings is 10. The van der Waals surface area contributed by atoms with Crippen molar-refractivity contribution in [1.29, 1.82) is 0 Å². The first-order valence-electron chi connectivity index (χ1n) is 22.6. The van der Waals surface area contributed by atoms with Gasteiger partial charge in [-0.2, -0.15) is 0 Å². The number of para-hydroxylation sites is 1. The Morgan fingerprint density at radius 1 is 0.288 bits per heavy atom. The first-order valence-corrected chi connectivity index (χ1v) is 22.6. The predicted octanol–water partition coefficient (Wildman–Crippen LogP) is 16.2. The van der Waals surface area contributed by atoms with Gasteiger partial charge in [0, 0.05) is 27.5 Å². The molecule has 0 aliphatic heterocycles. The van der Waals surface area contributed by atoms with E-state index in [1.165, 1.54) is 50.1 Å². The van der Waals surface area contributed by atoms with E-state index in [2.05, 4.69) is 212 Å². The first-order chi connectivity index (χ1) is 32.7. The van der Waals surface area contributed by atoms with E-state index < -0.39 is 5.41 Å². The Morgan fingerprint density at radius 3 is 1.62 bits per heavy atom. The van der Waals surface area contributed by atoms with Gasteiger partial charge >= 0.3 is 0 Å². The molecular formula is C63H40N2O. The third-order valence-electron chi connectivity index (χ3n) is 13.6. The summed E-state index contributed by atoms with van der Waals surface area (Å²) in [6.45, 7) is 0. The second-order valence-electron chi connectivity index (χ2n) is 17.2. The van der Waals surface area contributed by atoms with E-state index in [9.17, 15) is 0 Å². The number of furan rings is 1. The molecular weight excluding hydrogens is 801 g/mol. The monoisotopic (exact) mass is 840 g/mol. The van der Waals surface area contributed by atoms with Crippen LogP contribution in [0.1, 0.15) is 22.3 Å². The minimum atomic E-state index is -0.463. The summed E-state index contributed by atoms with van der Waals surface area (Å²) in [7, 11) is 0. The first kappa shape index (κ1) is 37.9. The maximum Gasteiger partial charge on any atom is 0.160 e. The smallest absolute Gasteiger partial charge is 0.160 e. The van der Waals surface area contributed by atoms with Crippen LogP contribution in [0.4, 0.5) is 0 Å². The highest BCUT2D eigenvalue weighted by atomic mass is 16.3. The molecule has 0 saturated heterocycles. The van der Waals surface area contributed by atoms with Gasteiger partial charge in [0.15, 0.2) is 5.82 Å². The summed E-state index contributed by atoms with van der Waals surface area (Å²) in [5.74, 6) is 0.682. The van der Waals surface area contributed by atoms with Crippen LogP contribution in [0.15, 0.2) is 247 Å². The van der Waals surface area contributed by atoms with Crippen molar-refractivity contribution in [1.82, 2.24) is 9.97 Å². The Morgan fingerprint density at radius 2 is 0.833 bits per heavy atom. The van der Waals surface area contributed by atoms with Crippen molar-refractivity contribution in [3.63, 3.8) is 0 Å². The van der Waals surface area contributed by atoms with Gasteiger partial charge in [0.2, 0.25) is 0 Å². The van der Waals surface area contributed by atoms with E-state index in [1.807, 2.05) is 30.3 Å². The SMILES string of the molecule is c1ccc(-c2nc(-c3ccc4oc5ccccc5c4c3)cc(-c3ccc(-c4cccc(-c5ccc6c(c5)C(c5ccccc5)(c5ccccc5)c5ccccc5-6)c4)c4ccccc34)n2)cc1. The van der Waals surface area contributed by atoms with Crippen LogP contribution < -0.4 is 0 Å². The minimum Gasteiger partial charge on any atom is -0.456 e. The van der Waals surface area contributed by atoms with E-state index in [0.29, 0.717) is 5.82 Å². The van der Waals surface area contributed by atoms with Gasteiger partial charge in [0.05, 0.1) is 16.8 Å². The topological polar surface area (TPSA) is 38.9 Å². The summed E-state index contributed by atoms with van der Waals surface area (Å²) in [6, 6.07) is 87.2. The Hall–Kier alpha value is -8.66. The average molecular weight is 841 g/mol. The molecule has 0 N–H and O–H groups in total. The van der Waals surface area contributed by atoms with Crippen LogP contribution in [-0.2, 0) is 5.41 Å². The molecule has 0 atom stereocenters. The van der Waals surface area contributed by atoms with Crippen molar-refractivity contribution in [2.24, 2.45) is 0 Å². The molecule has 2 aromatic heterocycles. The number of rotatable bonds is 7. The van der Waals surface area contributed by atoms with Crippen LogP contribution in [0.5, 0.6) is 0 Å². The normalized spacial score (nSPS) is 12.7. The minimum absolute atomic E-state index is 0.463. The average Bonchev–Trinajstić information content (AvgIpc) is 3.92. The second-order valence-corrected chi connectivity index (χ2v) is 17.2. The van der Waals surface area contributed by atoms with Crippen LogP contribution in [0, 0.1) is 0 Å². The number of fused-ring (bicyclic) bond motifs is 7. The maximum absolute atomic E-state index is 6.20. The summed E-state index contributed by atoms with van der Waals surface area (Å²) in [5.41, 5.74) is 18.4. The lowest BCUT2D eigenvalue weighted by Gasteiger charge is -2.34. The molecule has 3 nitrogen and oxygen atoms in total. The van der Waals surface area contributed by atoms with Crippen LogP contribution in [0.3, 0.4) is 0 Å². The Kier molecular flexibility index (Phi) is 8.75. The molecule has 66 heavy (non-hydrogen) atoms. The number of hydrogen-bond donors (Lipinski definition) is 0. The maximum atomic E-state index is 6.20. The van der Waals surface area contributed by atoms with Gasteiger partial charge in [-0.05, 0) is 109 Å². The van der Waals surface area contributed by atoms with E-state index in [0.717, 1.165) is 66.4 Å². The van der Waals surface area contributed by atoms with Gasteiger partial charge in [-0.15, -0.1) is 0 Å². The highest BCUT2D eigenvalue weighted by molar-refractivity contribution is 6.07. The summed E-state index contributed by atoms with van der Waals surface area (Å²) in [5, 5.41) is 4.45. The van der Waals surface area contributed by atoms with Gasteiger partial charge in [-0.3, -0.25) is 0 Å². The van der Waals surface area contributed by atoms with Crippen LogP contribution >= 0.6 is 0 Å². The van der Waals surface area contributed by atoms with E-state index in [4.69, 9.17) is 14.4 Å². The zero-order valence-electron chi connectivity index (χ0n) is 35.9. The quantitative estimate of drug-likeness (QED) is 0.160. The third-order valence-corrected chi connectivity index (χ3v) is 13.6. The van der Waals surface area contributed by atoms with E-state index >= 15 is 0 Å². The van der Waals surface area contributed by atoms with Crippen molar-refractivity contribution < 1.29 is 4.42 Å². The number of aromatic nitrogens is 2. The third kappa shape index (κ3) is 5.98. The fourth-order valence-electron chi connectivity index (χ4n) is 10.6. The lowest BCUT2D eigenvalue weighted by atomic mass is 9.67. The zero-order valence-corrected chi connectivity index (χ0v) is 35.9. The Balaban J connectivity index is 0.941. The summed E-state index contributed by atoms with van der Waals surface area (Å²) >= 11 is 0. The molecule has 13 rings (SSSR count). The molecule has 308 valence electrons. The number of nitrogens with zero attached hydrogens (tertiary/aromatic N) is 2. The zero-order chi connectivity index (χ0) is 43.6. The highest BCUT2D eigenvalue weighted by Crippen LogP contribution is 2.56. The fourth-order valence-corrected chi connectivity index (χ4v) is 10.6. The molecule has 2 heterocycles. The van der Waals surface area contributed by atoms with Crippen molar-refractivity contribution >= 4 is 32.7 Å². The molecule has 1 aliphatic carbocycles. The van der Waals surface area contributed by atoms with Crippen LogP contribution in [0.2, 0.25) is 0 Å². The van der Waals surface area contributed by atoms with Crippen LogP contribution in [0.25, 0.3) is 100.0 Å². The predicted molar refractivity (Wildman–Crippen MR) is 271 cm³/mol. The lowest BCUT2D eigenvalue weighted by Crippen LogP contribution is -2.28. The molecule has 0 bridgehead atoms. The molecule has 3 heteroatoms. The van der Waals surface area contributed by atoms with Crippen molar-refractivity contribution in [2.45, 2.75) is 5.41 Å². The number of hydrogen-bond acceptors (Lipinski definition) is 3. The fraction of sp³-hybridized carbons (Fsp3) is 0.0159. The molecule has 1 aliphatic rings.